The highest BCUT2D eigenvalue weighted by atomic mass is 16.3. The molecule has 0 fully saturated rings. The third-order valence-corrected chi connectivity index (χ3v) is 2.55. The van der Waals surface area contributed by atoms with Gasteiger partial charge in [0.25, 0.3) is 0 Å². The summed E-state index contributed by atoms with van der Waals surface area (Å²) in [5, 5.41) is 11.8. The maximum Gasteiger partial charge on any atom is 0.223 e. The highest BCUT2D eigenvalue weighted by Gasteiger charge is 2.17. The van der Waals surface area contributed by atoms with Gasteiger partial charge in [0.1, 0.15) is 0 Å². The number of hydrogen-bond donors (Lipinski definition) is 3. The first-order valence-corrected chi connectivity index (χ1v) is 5.07. The van der Waals surface area contributed by atoms with Crippen LogP contribution < -0.4 is 11.1 Å². The van der Waals surface area contributed by atoms with Crippen molar-refractivity contribution in [1.82, 2.24) is 5.32 Å². The SMILES string of the molecule is CC(C)C(C)C(=O)NCC(N)C(C)O. The second kappa shape index (κ2) is 5.98. The molecule has 0 saturated carbocycles. The number of carbonyl (C=O) groups is 1. The Morgan fingerprint density at radius 1 is 1.36 bits per heavy atom. The molecule has 0 bridgehead atoms. The zero-order chi connectivity index (χ0) is 11.3. The van der Waals surface area contributed by atoms with Gasteiger partial charge in [-0.3, -0.25) is 4.79 Å². The van der Waals surface area contributed by atoms with Crippen molar-refractivity contribution in [1.29, 1.82) is 0 Å². The average molecular weight is 202 g/mol. The van der Waals surface area contributed by atoms with Gasteiger partial charge in [-0.1, -0.05) is 20.8 Å². The first-order valence-electron chi connectivity index (χ1n) is 5.07. The second-order valence-electron chi connectivity index (χ2n) is 4.18. The maximum absolute atomic E-state index is 11.5. The first kappa shape index (κ1) is 13.4. The first-order chi connectivity index (χ1) is 6.36. The van der Waals surface area contributed by atoms with Crippen molar-refractivity contribution < 1.29 is 9.90 Å². The van der Waals surface area contributed by atoms with Crippen molar-refractivity contribution in [2.24, 2.45) is 17.6 Å². The van der Waals surface area contributed by atoms with Crippen LogP contribution in [0.25, 0.3) is 0 Å². The fraction of sp³-hybridized carbons (Fsp3) is 0.900. The standard InChI is InChI=1S/C10H22N2O2/c1-6(2)7(3)10(14)12-5-9(11)8(4)13/h6-9,13H,5,11H2,1-4H3,(H,12,14). The molecule has 14 heavy (non-hydrogen) atoms. The Labute approximate surface area is 85.9 Å². The van der Waals surface area contributed by atoms with E-state index in [1.807, 2.05) is 20.8 Å². The van der Waals surface area contributed by atoms with E-state index in [0.29, 0.717) is 12.5 Å². The largest absolute Gasteiger partial charge is 0.392 e. The third-order valence-electron chi connectivity index (χ3n) is 2.55. The van der Waals surface area contributed by atoms with Crippen LogP contribution in [0.3, 0.4) is 0 Å². The summed E-state index contributed by atoms with van der Waals surface area (Å²) < 4.78 is 0. The Morgan fingerprint density at radius 3 is 2.21 bits per heavy atom. The van der Waals surface area contributed by atoms with Crippen LogP contribution in [0.15, 0.2) is 0 Å². The fourth-order valence-corrected chi connectivity index (χ4v) is 0.853. The molecule has 0 aliphatic heterocycles. The third kappa shape index (κ3) is 4.58. The van der Waals surface area contributed by atoms with Gasteiger partial charge in [0.05, 0.1) is 6.10 Å². The number of nitrogens with one attached hydrogen (secondary N) is 1. The van der Waals surface area contributed by atoms with Crippen molar-refractivity contribution >= 4 is 5.91 Å². The molecule has 0 heterocycles. The molecule has 0 aromatic rings. The fourth-order valence-electron chi connectivity index (χ4n) is 0.853. The van der Waals surface area contributed by atoms with Crippen LogP contribution in [-0.4, -0.2) is 29.7 Å². The minimum absolute atomic E-state index is 0.00361. The lowest BCUT2D eigenvalue weighted by molar-refractivity contribution is -0.125. The molecule has 0 saturated heterocycles. The van der Waals surface area contributed by atoms with Crippen LogP contribution in [-0.2, 0) is 4.79 Å². The number of nitrogens with two attached hydrogens (primary N) is 1. The van der Waals surface area contributed by atoms with Crippen LogP contribution in [0.2, 0.25) is 0 Å². The zero-order valence-electron chi connectivity index (χ0n) is 9.45. The molecule has 0 aromatic carbocycles. The van der Waals surface area contributed by atoms with Crippen LogP contribution in [0, 0.1) is 11.8 Å². The number of hydrogen-bond acceptors (Lipinski definition) is 3. The van der Waals surface area contributed by atoms with Crippen molar-refractivity contribution in [3.05, 3.63) is 0 Å². The molecule has 4 nitrogen and oxygen atoms in total. The summed E-state index contributed by atoms with van der Waals surface area (Å²) in [6.45, 7) is 7.82. The summed E-state index contributed by atoms with van der Waals surface area (Å²) in [5.41, 5.74) is 5.58. The number of aliphatic hydroxyl groups is 1. The van der Waals surface area contributed by atoms with Crippen molar-refractivity contribution in [2.75, 3.05) is 6.54 Å². The molecule has 3 unspecified atom stereocenters. The predicted octanol–water partition coefficient (Wildman–Crippen LogP) is 0.103. The Kier molecular flexibility index (Phi) is 5.72. The van der Waals surface area contributed by atoms with E-state index in [2.05, 4.69) is 5.32 Å². The molecular weight excluding hydrogens is 180 g/mol. The van der Waals surface area contributed by atoms with E-state index in [1.165, 1.54) is 0 Å². The Morgan fingerprint density at radius 2 is 1.86 bits per heavy atom. The topological polar surface area (TPSA) is 75.4 Å². The van der Waals surface area contributed by atoms with E-state index in [1.54, 1.807) is 6.92 Å². The number of rotatable bonds is 5. The van der Waals surface area contributed by atoms with Gasteiger partial charge in [-0.25, -0.2) is 0 Å². The molecule has 0 aromatic heterocycles. The minimum atomic E-state index is -0.593. The van der Waals surface area contributed by atoms with E-state index in [4.69, 9.17) is 10.8 Å². The normalized spacial score (nSPS) is 17.6. The maximum atomic E-state index is 11.5. The van der Waals surface area contributed by atoms with Gasteiger partial charge in [-0.2, -0.15) is 0 Å². The van der Waals surface area contributed by atoms with Gasteiger partial charge in [0.2, 0.25) is 5.91 Å². The van der Waals surface area contributed by atoms with Gasteiger partial charge in [0, 0.05) is 18.5 Å². The minimum Gasteiger partial charge on any atom is -0.392 e. The van der Waals surface area contributed by atoms with Crippen LogP contribution in [0.1, 0.15) is 27.7 Å². The van der Waals surface area contributed by atoms with Crippen molar-refractivity contribution in [3.63, 3.8) is 0 Å². The predicted molar refractivity (Wildman–Crippen MR) is 56.7 cm³/mol. The highest BCUT2D eigenvalue weighted by Crippen LogP contribution is 2.08. The summed E-state index contributed by atoms with van der Waals surface area (Å²) in [4.78, 5) is 11.5. The van der Waals surface area contributed by atoms with Crippen molar-refractivity contribution in [2.45, 2.75) is 39.8 Å². The smallest absolute Gasteiger partial charge is 0.223 e. The monoisotopic (exact) mass is 202 g/mol. The molecular formula is C10H22N2O2. The summed E-state index contributed by atoms with van der Waals surface area (Å²) >= 11 is 0. The van der Waals surface area contributed by atoms with Crippen LogP contribution in [0.5, 0.6) is 0 Å². The van der Waals surface area contributed by atoms with Gasteiger partial charge >= 0.3 is 0 Å². The van der Waals surface area contributed by atoms with E-state index < -0.39 is 12.1 Å². The number of carbonyl (C=O) groups excluding carboxylic acids is 1. The molecule has 3 atom stereocenters. The van der Waals surface area contributed by atoms with Crippen LogP contribution in [0.4, 0.5) is 0 Å². The number of aliphatic hydroxyl groups excluding tert-OH is 1. The molecule has 0 aliphatic carbocycles. The van der Waals surface area contributed by atoms with Gasteiger partial charge in [-0.15, -0.1) is 0 Å². The molecule has 84 valence electrons. The lowest BCUT2D eigenvalue weighted by Gasteiger charge is -2.19. The van der Waals surface area contributed by atoms with Crippen molar-refractivity contribution in [3.8, 4) is 0 Å². The summed E-state index contributed by atoms with van der Waals surface area (Å²) in [6, 6.07) is -0.390. The average Bonchev–Trinajstić information content (AvgIpc) is 2.11. The van der Waals surface area contributed by atoms with Crippen LogP contribution >= 0.6 is 0 Å². The molecule has 1 amide bonds. The van der Waals surface area contributed by atoms with E-state index in [0.717, 1.165) is 0 Å². The Bertz CT molecular complexity index is 181. The lowest BCUT2D eigenvalue weighted by atomic mass is 9.97. The quantitative estimate of drug-likeness (QED) is 0.592. The van der Waals surface area contributed by atoms with E-state index in [-0.39, 0.29) is 11.8 Å². The molecule has 4 N–H and O–H groups in total. The molecule has 0 aliphatic rings. The summed E-state index contributed by atoms with van der Waals surface area (Å²) in [5.74, 6) is 0.296. The van der Waals surface area contributed by atoms with Gasteiger partial charge in [0.15, 0.2) is 0 Å². The summed E-state index contributed by atoms with van der Waals surface area (Å²) in [7, 11) is 0. The highest BCUT2D eigenvalue weighted by molar-refractivity contribution is 5.78. The lowest BCUT2D eigenvalue weighted by Crippen LogP contribution is -2.45. The van der Waals surface area contributed by atoms with Gasteiger partial charge < -0.3 is 16.2 Å². The summed E-state index contributed by atoms with van der Waals surface area (Å²) in [6.07, 6.45) is -0.593. The molecule has 0 radical (unpaired) electrons. The molecule has 0 rings (SSSR count). The van der Waals surface area contributed by atoms with Gasteiger partial charge in [-0.05, 0) is 12.8 Å². The second-order valence-corrected chi connectivity index (χ2v) is 4.18. The number of amides is 1. The van der Waals surface area contributed by atoms with E-state index >= 15 is 0 Å². The van der Waals surface area contributed by atoms with E-state index in [9.17, 15) is 4.79 Å². The molecule has 0 spiro atoms. The molecule has 4 heteroatoms. The Hall–Kier alpha value is -0.610. The zero-order valence-corrected chi connectivity index (χ0v) is 9.45. The Balaban J connectivity index is 3.85.